The molecule has 0 unspecified atom stereocenters. The van der Waals surface area contributed by atoms with Crippen molar-refractivity contribution >= 4 is 23.0 Å². The van der Waals surface area contributed by atoms with Gasteiger partial charge >= 0.3 is 0 Å². The van der Waals surface area contributed by atoms with Crippen molar-refractivity contribution in [2.24, 2.45) is 0 Å². The van der Waals surface area contributed by atoms with Gasteiger partial charge in [0.2, 0.25) is 0 Å². The van der Waals surface area contributed by atoms with Crippen LogP contribution < -0.4 is 20.1 Å². The number of halogens is 1. The number of benzene rings is 2. The van der Waals surface area contributed by atoms with E-state index < -0.39 is 0 Å². The normalized spacial score (nSPS) is 12.3. The number of ether oxygens (including phenoxy) is 2. The molecule has 0 saturated carbocycles. The lowest BCUT2D eigenvalue weighted by Gasteiger charge is -2.19. The lowest BCUT2D eigenvalue weighted by Crippen LogP contribution is -2.16. The molecule has 1 amide bonds. The summed E-state index contributed by atoms with van der Waals surface area (Å²) < 4.78 is 24.0. The summed E-state index contributed by atoms with van der Waals surface area (Å²) in [7, 11) is 0. The predicted molar refractivity (Wildman–Crippen MR) is 99.3 cm³/mol. The third-order valence-corrected chi connectivity index (χ3v) is 3.93. The van der Waals surface area contributed by atoms with Crippen LogP contribution >= 0.6 is 0 Å². The van der Waals surface area contributed by atoms with Crippen LogP contribution in [0, 0.1) is 5.82 Å². The predicted octanol–water partition coefficient (Wildman–Crippen LogP) is 3.99. The summed E-state index contributed by atoms with van der Waals surface area (Å²) in [5, 5.41) is 5.90. The molecule has 0 fully saturated rings. The monoisotopic (exact) mass is 365 g/mol. The number of nitrogens with one attached hydrogen (secondary N) is 2. The maximum Gasteiger partial charge on any atom is 0.257 e. The highest BCUT2D eigenvalue weighted by atomic mass is 19.1. The molecular weight excluding hydrogens is 349 g/mol. The van der Waals surface area contributed by atoms with Crippen molar-refractivity contribution in [3.8, 4) is 11.5 Å². The maximum atomic E-state index is 13.0. The Morgan fingerprint density at radius 3 is 2.44 bits per heavy atom. The summed E-state index contributed by atoms with van der Waals surface area (Å²) in [6.07, 6.45) is 3.06. The standard InChI is InChI=1S/C20H16FN3O3/c21-14-1-3-15(4-2-14)23-17-9-13(11-22-12-17)20(25)24-16-5-6-18-19(10-16)27-8-7-26-18/h1-6,9-12,23H,7-8H2,(H,24,25). The van der Waals surface area contributed by atoms with E-state index in [1.165, 1.54) is 18.3 Å². The lowest BCUT2D eigenvalue weighted by atomic mass is 10.2. The number of nitrogens with zero attached hydrogens (tertiary/aromatic N) is 1. The number of hydrogen-bond donors (Lipinski definition) is 2. The molecule has 3 aromatic rings. The van der Waals surface area contributed by atoms with E-state index in [2.05, 4.69) is 15.6 Å². The molecule has 27 heavy (non-hydrogen) atoms. The number of carbonyl (C=O) groups is 1. The molecule has 2 heterocycles. The van der Waals surface area contributed by atoms with Crippen molar-refractivity contribution in [3.63, 3.8) is 0 Å². The summed E-state index contributed by atoms with van der Waals surface area (Å²) in [6, 6.07) is 12.8. The molecule has 2 aromatic carbocycles. The van der Waals surface area contributed by atoms with Gasteiger partial charge in [0.15, 0.2) is 11.5 Å². The Morgan fingerprint density at radius 2 is 1.63 bits per heavy atom. The van der Waals surface area contributed by atoms with Crippen molar-refractivity contribution in [1.29, 1.82) is 0 Å². The molecule has 0 saturated heterocycles. The number of rotatable bonds is 4. The summed E-state index contributed by atoms with van der Waals surface area (Å²) in [5.41, 5.74) is 2.30. The van der Waals surface area contributed by atoms with E-state index in [9.17, 15) is 9.18 Å². The van der Waals surface area contributed by atoms with Gasteiger partial charge in [-0.3, -0.25) is 9.78 Å². The first-order chi connectivity index (χ1) is 13.2. The van der Waals surface area contributed by atoms with Crippen molar-refractivity contribution < 1.29 is 18.7 Å². The summed E-state index contributed by atoms with van der Waals surface area (Å²) in [4.78, 5) is 16.6. The van der Waals surface area contributed by atoms with Crippen molar-refractivity contribution in [3.05, 3.63) is 72.3 Å². The van der Waals surface area contributed by atoms with Gasteiger partial charge in [-0.2, -0.15) is 0 Å². The maximum absolute atomic E-state index is 13.0. The van der Waals surface area contributed by atoms with Gasteiger partial charge in [0.25, 0.3) is 5.91 Å². The zero-order chi connectivity index (χ0) is 18.6. The SMILES string of the molecule is O=C(Nc1ccc2c(c1)OCCO2)c1cncc(Nc2ccc(F)cc2)c1. The molecule has 7 heteroatoms. The van der Waals surface area contributed by atoms with Gasteiger partial charge in [-0.25, -0.2) is 4.39 Å². The first-order valence-corrected chi connectivity index (χ1v) is 8.36. The van der Waals surface area contributed by atoms with Gasteiger partial charge in [0, 0.05) is 23.6 Å². The average Bonchev–Trinajstić information content (AvgIpc) is 2.70. The molecule has 6 nitrogen and oxygen atoms in total. The van der Waals surface area contributed by atoms with Crippen LogP contribution in [0.25, 0.3) is 0 Å². The molecular formula is C20H16FN3O3. The second-order valence-corrected chi connectivity index (χ2v) is 5.91. The van der Waals surface area contributed by atoms with Crippen LogP contribution in [0.3, 0.4) is 0 Å². The van der Waals surface area contributed by atoms with Gasteiger partial charge in [0.1, 0.15) is 19.0 Å². The fraction of sp³-hybridized carbons (Fsp3) is 0.100. The van der Waals surface area contributed by atoms with Gasteiger partial charge in [0.05, 0.1) is 17.4 Å². The first-order valence-electron chi connectivity index (χ1n) is 8.36. The average molecular weight is 365 g/mol. The third-order valence-electron chi connectivity index (χ3n) is 3.93. The fourth-order valence-corrected chi connectivity index (χ4v) is 2.66. The second kappa shape index (κ2) is 7.33. The highest BCUT2D eigenvalue weighted by Gasteiger charge is 2.14. The van der Waals surface area contributed by atoms with Crippen LogP contribution in [0.5, 0.6) is 11.5 Å². The van der Waals surface area contributed by atoms with Crippen LogP contribution in [0.15, 0.2) is 60.9 Å². The number of anilines is 3. The van der Waals surface area contributed by atoms with Crippen LogP contribution in [0.4, 0.5) is 21.5 Å². The van der Waals surface area contributed by atoms with E-state index in [0.717, 1.165) is 0 Å². The molecule has 0 spiro atoms. The number of hydrogen-bond acceptors (Lipinski definition) is 5. The van der Waals surface area contributed by atoms with Crippen LogP contribution in [0.2, 0.25) is 0 Å². The molecule has 1 aromatic heterocycles. The van der Waals surface area contributed by atoms with E-state index >= 15 is 0 Å². The fourth-order valence-electron chi connectivity index (χ4n) is 2.66. The molecule has 1 aliphatic rings. The smallest absolute Gasteiger partial charge is 0.257 e. The molecule has 136 valence electrons. The van der Waals surface area contributed by atoms with Crippen LogP contribution in [-0.4, -0.2) is 24.1 Å². The minimum absolute atomic E-state index is 0.304. The summed E-state index contributed by atoms with van der Waals surface area (Å²) in [5.74, 6) is 0.642. The van der Waals surface area contributed by atoms with Gasteiger partial charge in [-0.15, -0.1) is 0 Å². The van der Waals surface area contributed by atoms with Crippen LogP contribution in [0.1, 0.15) is 10.4 Å². The Hall–Kier alpha value is -3.61. The van der Waals surface area contributed by atoms with E-state index in [0.29, 0.717) is 47.3 Å². The zero-order valence-corrected chi connectivity index (χ0v) is 14.2. The van der Waals surface area contributed by atoms with E-state index in [-0.39, 0.29) is 11.7 Å². The molecule has 2 N–H and O–H groups in total. The highest BCUT2D eigenvalue weighted by Crippen LogP contribution is 2.32. The topological polar surface area (TPSA) is 72.5 Å². The largest absolute Gasteiger partial charge is 0.486 e. The lowest BCUT2D eigenvalue weighted by molar-refractivity contribution is 0.102. The molecule has 0 bridgehead atoms. The quantitative estimate of drug-likeness (QED) is 0.731. The summed E-state index contributed by atoms with van der Waals surface area (Å²) in [6.45, 7) is 0.990. The van der Waals surface area contributed by atoms with E-state index in [1.54, 1.807) is 42.6 Å². The Bertz CT molecular complexity index is 976. The van der Waals surface area contributed by atoms with Gasteiger partial charge in [-0.1, -0.05) is 0 Å². The number of aromatic nitrogens is 1. The minimum Gasteiger partial charge on any atom is -0.486 e. The van der Waals surface area contributed by atoms with Crippen molar-refractivity contribution in [1.82, 2.24) is 4.98 Å². The van der Waals surface area contributed by atoms with Gasteiger partial charge in [-0.05, 0) is 42.5 Å². The Kier molecular flexibility index (Phi) is 4.57. The molecule has 0 aliphatic carbocycles. The number of carbonyl (C=O) groups excluding carboxylic acids is 1. The Balaban J connectivity index is 1.48. The second-order valence-electron chi connectivity index (χ2n) is 5.91. The van der Waals surface area contributed by atoms with E-state index in [4.69, 9.17) is 9.47 Å². The van der Waals surface area contributed by atoms with E-state index in [1.807, 2.05) is 0 Å². The zero-order valence-electron chi connectivity index (χ0n) is 14.2. The molecule has 0 radical (unpaired) electrons. The Morgan fingerprint density at radius 1 is 0.889 bits per heavy atom. The summed E-state index contributed by atoms with van der Waals surface area (Å²) >= 11 is 0. The van der Waals surface area contributed by atoms with Crippen molar-refractivity contribution in [2.75, 3.05) is 23.8 Å². The van der Waals surface area contributed by atoms with Crippen molar-refractivity contribution in [2.45, 2.75) is 0 Å². The number of amides is 1. The van der Waals surface area contributed by atoms with Crippen LogP contribution in [-0.2, 0) is 0 Å². The van der Waals surface area contributed by atoms with Gasteiger partial charge < -0.3 is 20.1 Å². The Labute approximate surface area is 155 Å². The third kappa shape index (κ3) is 3.98. The minimum atomic E-state index is -0.314. The highest BCUT2D eigenvalue weighted by molar-refractivity contribution is 6.04. The first kappa shape index (κ1) is 16.8. The molecule has 0 atom stereocenters. The molecule has 4 rings (SSSR count). The molecule has 1 aliphatic heterocycles. The number of fused-ring (bicyclic) bond motifs is 1. The number of pyridine rings is 1.